The van der Waals surface area contributed by atoms with Crippen molar-refractivity contribution in [2.45, 2.75) is 19.0 Å². The van der Waals surface area contributed by atoms with Gasteiger partial charge in [-0.2, -0.15) is 0 Å². The Hall–Kier alpha value is -3.69. The fourth-order valence-electron chi connectivity index (χ4n) is 4.82. The molecule has 0 aliphatic carbocycles. The van der Waals surface area contributed by atoms with Gasteiger partial charge in [-0.1, -0.05) is 39.7 Å². The van der Waals surface area contributed by atoms with Crippen LogP contribution in [0, 0.1) is 12.8 Å². The third-order valence-corrected chi connectivity index (χ3v) is 7.09. The first-order valence-corrected chi connectivity index (χ1v) is 12.1. The van der Waals surface area contributed by atoms with E-state index in [4.69, 9.17) is 9.47 Å². The lowest BCUT2D eigenvalue weighted by molar-refractivity contribution is -0.123. The van der Waals surface area contributed by atoms with E-state index in [1.54, 1.807) is 55.6 Å². The number of imide groups is 1. The second kappa shape index (κ2) is 9.40. The van der Waals surface area contributed by atoms with Crippen LogP contribution in [0.3, 0.4) is 0 Å². The van der Waals surface area contributed by atoms with Gasteiger partial charge in [0.25, 0.3) is 11.8 Å². The summed E-state index contributed by atoms with van der Waals surface area (Å²) >= 11 is 3.39. The van der Waals surface area contributed by atoms with Crippen molar-refractivity contribution >= 4 is 39.3 Å². The van der Waals surface area contributed by atoms with Crippen LogP contribution in [0.15, 0.2) is 71.2 Å². The molecule has 5 rings (SSSR count). The van der Waals surface area contributed by atoms with Crippen molar-refractivity contribution < 1.29 is 23.9 Å². The van der Waals surface area contributed by atoms with Crippen molar-refractivity contribution in [3.8, 4) is 11.5 Å². The Kier molecular flexibility index (Phi) is 6.27. The number of hydrazine groups is 1. The third kappa shape index (κ3) is 3.94. The minimum Gasteiger partial charge on any atom is -0.497 e. The highest BCUT2D eigenvalue weighted by atomic mass is 79.9. The molecule has 2 saturated heterocycles. The Bertz CT molecular complexity index is 1360. The van der Waals surface area contributed by atoms with Crippen LogP contribution in [-0.4, -0.2) is 43.0 Å². The van der Waals surface area contributed by atoms with Gasteiger partial charge in [0.05, 0.1) is 31.9 Å². The summed E-state index contributed by atoms with van der Waals surface area (Å²) < 4.78 is 11.6. The van der Waals surface area contributed by atoms with Crippen molar-refractivity contribution in [1.29, 1.82) is 0 Å². The number of benzene rings is 3. The van der Waals surface area contributed by atoms with Crippen LogP contribution in [0.1, 0.15) is 27.5 Å². The van der Waals surface area contributed by atoms with Gasteiger partial charge < -0.3 is 9.47 Å². The van der Waals surface area contributed by atoms with Crippen LogP contribution in [0.4, 0.5) is 5.69 Å². The molecule has 3 aromatic rings. The maximum Gasteiger partial charge on any atom is 0.268 e. The largest absolute Gasteiger partial charge is 0.497 e. The number of fused-ring (bicyclic) bond motifs is 1. The molecule has 2 fully saturated rings. The number of nitrogens with one attached hydrogen (secondary N) is 1. The molecule has 0 bridgehead atoms. The SMILES string of the molecule is COc1ccc([C@@H]2NN(C(=O)c3cccc(Br)c3)[C@@H]3C(=O)N(c4ccc(C)cc4)C(=O)[C@H]32)c(OC)c1. The summed E-state index contributed by atoms with van der Waals surface area (Å²) in [6.07, 6.45) is 0. The Morgan fingerprint density at radius 1 is 0.944 bits per heavy atom. The zero-order chi connectivity index (χ0) is 25.6. The fraction of sp³-hybridized carbons (Fsp3) is 0.222. The van der Waals surface area contributed by atoms with Gasteiger partial charge in [-0.15, -0.1) is 0 Å². The summed E-state index contributed by atoms with van der Waals surface area (Å²) in [6.45, 7) is 1.93. The van der Waals surface area contributed by atoms with Gasteiger partial charge in [0.15, 0.2) is 0 Å². The van der Waals surface area contributed by atoms with E-state index in [-0.39, 0.29) is 5.91 Å². The van der Waals surface area contributed by atoms with E-state index in [1.165, 1.54) is 17.0 Å². The van der Waals surface area contributed by atoms with Gasteiger partial charge in [-0.3, -0.25) is 19.4 Å². The van der Waals surface area contributed by atoms with Gasteiger partial charge in [0.2, 0.25) is 5.91 Å². The summed E-state index contributed by atoms with van der Waals surface area (Å²) in [5.41, 5.74) is 5.66. The molecule has 2 aliphatic rings. The van der Waals surface area contributed by atoms with Gasteiger partial charge in [-0.05, 0) is 49.4 Å². The lowest BCUT2D eigenvalue weighted by Gasteiger charge is -2.26. The molecule has 1 N–H and O–H groups in total. The van der Waals surface area contributed by atoms with Gasteiger partial charge >= 0.3 is 0 Å². The van der Waals surface area contributed by atoms with E-state index >= 15 is 0 Å². The van der Waals surface area contributed by atoms with Gasteiger partial charge in [0.1, 0.15) is 17.5 Å². The number of rotatable bonds is 5. The van der Waals surface area contributed by atoms with Crippen molar-refractivity contribution in [3.05, 3.63) is 87.9 Å². The molecule has 0 saturated carbocycles. The lowest BCUT2D eigenvalue weighted by Crippen LogP contribution is -2.48. The van der Waals surface area contributed by atoms with E-state index in [2.05, 4.69) is 21.4 Å². The molecule has 0 unspecified atom stereocenters. The number of hydrogen-bond acceptors (Lipinski definition) is 6. The van der Waals surface area contributed by atoms with Gasteiger partial charge in [0, 0.05) is 21.7 Å². The molecule has 0 radical (unpaired) electrons. The van der Waals surface area contributed by atoms with Crippen molar-refractivity contribution in [2.24, 2.45) is 5.92 Å². The minimum absolute atomic E-state index is 0.381. The Labute approximate surface area is 216 Å². The van der Waals surface area contributed by atoms with Crippen LogP contribution in [0.25, 0.3) is 0 Å². The number of nitrogens with zero attached hydrogens (tertiary/aromatic N) is 2. The molecule has 8 nitrogen and oxygen atoms in total. The Balaban J connectivity index is 1.61. The number of amides is 3. The first-order valence-electron chi connectivity index (χ1n) is 11.4. The molecule has 3 atom stereocenters. The zero-order valence-electron chi connectivity index (χ0n) is 19.9. The summed E-state index contributed by atoms with van der Waals surface area (Å²) in [5, 5.41) is 1.29. The molecule has 3 aromatic carbocycles. The third-order valence-electron chi connectivity index (χ3n) is 6.59. The molecule has 2 heterocycles. The van der Waals surface area contributed by atoms with E-state index in [9.17, 15) is 14.4 Å². The first-order chi connectivity index (χ1) is 17.3. The molecule has 0 aromatic heterocycles. The number of methoxy groups -OCH3 is 2. The highest BCUT2D eigenvalue weighted by molar-refractivity contribution is 9.10. The number of hydrogen-bond donors (Lipinski definition) is 1. The van der Waals surface area contributed by atoms with Crippen LogP contribution in [-0.2, 0) is 9.59 Å². The molecule has 184 valence electrons. The van der Waals surface area contributed by atoms with Gasteiger partial charge in [-0.25, -0.2) is 10.3 Å². The van der Waals surface area contributed by atoms with Crippen LogP contribution in [0.5, 0.6) is 11.5 Å². The second-order valence-corrected chi connectivity index (χ2v) is 9.63. The average molecular weight is 550 g/mol. The molecule has 0 spiro atoms. The molecule has 3 amide bonds. The van der Waals surface area contributed by atoms with E-state index < -0.39 is 29.8 Å². The van der Waals surface area contributed by atoms with Crippen LogP contribution in [0.2, 0.25) is 0 Å². The maximum absolute atomic E-state index is 13.8. The first kappa shape index (κ1) is 24.0. The van der Waals surface area contributed by atoms with Crippen LogP contribution < -0.4 is 19.8 Å². The summed E-state index contributed by atoms with van der Waals surface area (Å²) in [5.74, 6) is -1.03. The van der Waals surface area contributed by atoms with Crippen molar-refractivity contribution in [1.82, 2.24) is 10.4 Å². The highest BCUT2D eigenvalue weighted by Crippen LogP contribution is 2.45. The molecule has 36 heavy (non-hydrogen) atoms. The zero-order valence-corrected chi connectivity index (χ0v) is 21.5. The van der Waals surface area contributed by atoms with Crippen LogP contribution >= 0.6 is 15.9 Å². The standard InChI is InChI=1S/C27H24BrN3O5/c1-15-7-9-18(10-8-15)30-26(33)22-23(20-12-11-19(35-2)14-21(20)36-3)29-31(24(22)27(30)34)25(32)16-5-4-6-17(28)13-16/h4-14,22-24,29H,1-3H3/t22-,23-,24-/m0/s1. The summed E-state index contributed by atoms with van der Waals surface area (Å²) in [4.78, 5) is 42.3. The number of halogens is 1. The predicted molar refractivity (Wildman–Crippen MR) is 137 cm³/mol. The summed E-state index contributed by atoms with van der Waals surface area (Å²) in [6, 6.07) is 17.6. The maximum atomic E-state index is 13.8. The summed E-state index contributed by atoms with van der Waals surface area (Å²) in [7, 11) is 3.07. The monoisotopic (exact) mass is 549 g/mol. The molecular weight excluding hydrogens is 526 g/mol. The lowest BCUT2D eigenvalue weighted by atomic mass is 9.90. The van der Waals surface area contributed by atoms with Crippen molar-refractivity contribution in [2.75, 3.05) is 19.1 Å². The topological polar surface area (TPSA) is 88.2 Å². The number of ether oxygens (including phenoxy) is 2. The second-order valence-electron chi connectivity index (χ2n) is 8.72. The minimum atomic E-state index is -1.03. The molecular formula is C27H24BrN3O5. The quantitative estimate of drug-likeness (QED) is 0.483. The number of aryl methyl sites for hydroxylation is 1. The Morgan fingerprint density at radius 3 is 2.36 bits per heavy atom. The Morgan fingerprint density at radius 2 is 1.69 bits per heavy atom. The predicted octanol–water partition coefficient (Wildman–Crippen LogP) is 4.03. The molecule has 9 heteroatoms. The van der Waals surface area contributed by atoms with Crippen molar-refractivity contribution in [3.63, 3.8) is 0 Å². The normalized spacial score (nSPS) is 21.1. The molecule has 2 aliphatic heterocycles. The number of anilines is 1. The fourth-order valence-corrected chi connectivity index (χ4v) is 5.22. The number of carbonyl (C=O) groups is 3. The number of carbonyl (C=O) groups excluding carboxylic acids is 3. The smallest absolute Gasteiger partial charge is 0.268 e. The van der Waals surface area contributed by atoms with E-state index in [0.29, 0.717) is 28.3 Å². The average Bonchev–Trinajstić information content (AvgIpc) is 3.40. The van der Waals surface area contributed by atoms with E-state index in [0.717, 1.165) is 10.0 Å². The highest BCUT2D eigenvalue weighted by Gasteiger charge is 2.60. The van der Waals surface area contributed by atoms with E-state index in [1.807, 2.05) is 25.1 Å².